The Balaban J connectivity index is 2.03. The zero-order chi connectivity index (χ0) is 15.5. The Bertz CT molecular complexity index is 679. The summed E-state index contributed by atoms with van der Waals surface area (Å²) in [6.07, 6.45) is 2.81. The smallest absolute Gasteiger partial charge is 0.359 e. The summed E-state index contributed by atoms with van der Waals surface area (Å²) in [6.45, 7) is 5.24. The Hall–Kier alpha value is -2.32. The van der Waals surface area contributed by atoms with E-state index < -0.39 is 5.97 Å². The highest BCUT2D eigenvalue weighted by atomic mass is 16.5. The largest absolute Gasteiger partial charge is 0.461 e. The van der Waals surface area contributed by atoms with E-state index in [9.17, 15) is 4.79 Å². The molecule has 3 rings (SSSR count). The molecule has 8 heteroatoms. The third kappa shape index (κ3) is 2.83. The molecule has 1 atom stereocenters. The lowest BCUT2D eigenvalue weighted by Crippen LogP contribution is -2.21. The molecule has 0 aliphatic carbocycles. The van der Waals surface area contributed by atoms with E-state index in [2.05, 4.69) is 20.4 Å². The fraction of sp³-hybridized carbons (Fsp3) is 0.429. The molecule has 1 N–H and O–H groups in total. The van der Waals surface area contributed by atoms with E-state index in [1.807, 2.05) is 6.92 Å². The van der Waals surface area contributed by atoms with Gasteiger partial charge in [0.25, 0.3) is 0 Å². The lowest BCUT2D eigenvalue weighted by Gasteiger charge is -2.09. The zero-order valence-electron chi connectivity index (χ0n) is 12.4. The summed E-state index contributed by atoms with van der Waals surface area (Å²) in [5.74, 6) is -0.481. The van der Waals surface area contributed by atoms with Crippen LogP contribution in [0.15, 0.2) is 18.6 Å². The van der Waals surface area contributed by atoms with Crippen molar-refractivity contribution in [2.75, 3.05) is 19.8 Å². The maximum Gasteiger partial charge on any atom is 0.359 e. The minimum atomic E-state index is -0.481. The Labute approximate surface area is 127 Å². The van der Waals surface area contributed by atoms with Crippen molar-refractivity contribution in [2.45, 2.75) is 20.2 Å². The molecule has 1 aliphatic heterocycles. The van der Waals surface area contributed by atoms with Crippen molar-refractivity contribution in [2.24, 2.45) is 0 Å². The molecule has 1 aliphatic rings. The predicted molar refractivity (Wildman–Crippen MR) is 76.9 cm³/mol. The molecule has 0 aromatic carbocycles. The Morgan fingerprint density at radius 2 is 2.41 bits per heavy atom. The Kier molecular flexibility index (Phi) is 4.12. The van der Waals surface area contributed by atoms with Crippen LogP contribution in [0.2, 0.25) is 0 Å². The molecular formula is C14H17N5O3. The van der Waals surface area contributed by atoms with Crippen LogP contribution in [0, 0.1) is 6.92 Å². The van der Waals surface area contributed by atoms with Crippen LogP contribution in [0.3, 0.4) is 0 Å². The molecule has 116 valence electrons. The van der Waals surface area contributed by atoms with Crippen LogP contribution in [-0.2, 0) is 9.47 Å². The summed E-state index contributed by atoms with van der Waals surface area (Å²) in [6, 6.07) is 1.80. The molecule has 0 amide bonds. The van der Waals surface area contributed by atoms with E-state index in [4.69, 9.17) is 9.47 Å². The standard InChI is InChI=1S/C14H17N5O3/c1-3-21-13(20)12-10(11-6-9(2)16-8-17-11)7-19(18-12)14-15-4-5-22-14/h6-8,14-15H,3-5H2,1-2H3. The van der Waals surface area contributed by atoms with Gasteiger partial charge in [-0.15, -0.1) is 0 Å². The van der Waals surface area contributed by atoms with Gasteiger partial charge in [-0.25, -0.2) is 19.4 Å². The van der Waals surface area contributed by atoms with Gasteiger partial charge in [0.2, 0.25) is 6.35 Å². The van der Waals surface area contributed by atoms with Crippen LogP contribution >= 0.6 is 0 Å². The maximum absolute atomic E-state index is 12.1. The minimum absolute atomic E-state index is 0.220. The number of rotatable bonds is 4. The second-order valence-corrected chi connectivity index (χ2v) is 4.81. The lowest BCUT2D eigenvalue weighted by molar-refractivity contribution is 0.0329. The van der Waals surface area contributed by atoms with Crippen LogP contribution < -0.4 is 5.32 Å². The van der Waals surface area contributed by atoms with E-state index in [-0.39, 0.29) is 18.7 Å². The van der Waals surface area contributed by atoms with Crippen LogP contribution in [-0.4, -0.2) is 45.5 Å². The normalized spacial score (nSPS) is 17.6. The van der Waals surface area contributed by atoms with Crippen LogP contribution in [0.1, 0.15) is 29.5 Å². The van der Waals surface area contributed by atoms with E-state index in [0.29, 0.717) is 17.9 Å². The van der Waals surface area contributed by atoms with E-state index >= 15 is 0 Å². The number of carbonyl (C=O) groups excluding carboxylic acids is 1. The first-order chi connectivity index (χ1) is 10.7. The average molecular weight is 303 g/mol. The molecule has 22 heavy (non-hydrogen) atoms. The molecular weight excluding hydrogens is 286 g/mol. The van der Waals surface area contributed by atoms with Gasteiger partial charge >= 0.3 is 5.97 Å². The highest BCUT2D eigenvalue weighted by Crippen LogP contribution is 2.24. The van der Waals surface area contributed by atoms with Gasteiger partial charge in [-0.2, -0.15) is 5.10 Å². The summed E-state index contributed by atoms with van der Waals surface area (Å²) in [5, 5.41) is 7.45. The van der Waals surface area contributed by atoms with Crippen molar-refractivity contribution in [1.29, 1.82) is 0 Å². The van der Waals surface area contributed by atoms with E-state index in [1.54, 1.807) is 23.9 Å². The number of carbonyl (C=O) groups is 1. The zero-order valence-corrected chi connectivity index (χ0v) is 12.4. The molecule has 0 saturated carbocycles. The van der Waals surface area contributed by atoms with Crippen molar-refractivity contribution in [3.63, 3.8) is 0 Å². The van der Waals surface area contributed by atoms with Gasteiger partial charge in [0.05, 0.1) is 24.5 Å². The van der Waals surface area contributed by atoms with Crippen molar-refractivity contribution in [3.05, 3.63) is 30.0 Å². The van der Waals surface area contributed by atoms with Gasteiger partial charge in [0, 0.05) is 18.4 Å². The SMILES string of the molecule is CCOC(=O)c1nn(C2NCCO2)cc1-c1cc(C)ncn1. The summed E-state index contributed by atoms with van der Waals surface area (Å²) < 4.78 is 12.2. The number of ether oxygens (including phenoxy) is 2. The second-order valence-electron chi connectivity index (χ2n) is 4.81. The summed E-state index contributed by atoms with van der Waals surface area (Å²) >= 11 is 0. The van der Waals surface area contributed by atoms with Gasteiger partial charge in [-0.05, 0) is 19.9 Å². The molecule has 0 radical (unpaired) electrons. The van der Waals surface area contributed by atoms with Crippen LogP contribution in [0.4, 0.5) is 0 Å². The van der Waals surface area contributed by atoms with Crippen LogP contribution in [0.25, 0.3) is 11.3 Å². The molecule has 0 bridgehead atoms. The lowest BCUT2D eigenvalue weighted by atomic mass is 10.1. The topological polar surface area (TPSA) is 91.2 Å². The van der Waals surface area contributed by atoms with Gasteiger partial charge < -0.3 is 9.47 Å². The number of esters is 1. The quantitative estimate of drug-likeness (QED) is 0.839. The highest BCUT2D eigenvalue weighted by Gasteiger charge is 2.25. The number of aryl methyl sites for hydroxylation is 1. The third-order valence-corrected chi connectivity index (χ3v) is 3.22. The number of aromatic nitrogens is 4. The highest BCUT2D eigenvalue weighted by molar-refractivity contribution is 5.94. The summed E-state index contributed by atoms with van der Waals surface area (Å²) in [4.78, 5) is 20.4. The molecule has 2 aromatic heterocycles. The maximum atomic E-state index is 12.1. The van der Waals surface area contributed by atoms with Crippen molar-refractivity contribution >= 4 is 5.97 Å². The second kappa shape index (κ2) is 6.20. The number of hydrogen-bond donors (Lipinski definition) is 1. The average Bonchev–Trinajstić information content (AvgIpc) is 3.17. The third-order valence-electron chi connectivity index (χ3n) is 3.22. The Morgan fingerprint density at radius 1 is 1.55 bits per heavy atom. The monoisotopic (exact) mass is 303 g/mol. The van der Waals surface area contributed by atoms with Crippen molar-refractivity contribution < 1.29 is 14.3 Å². The predicted octanol–water partition coefficient (Wildman–Crippen LogP) is 0.901. The number of hydrogen-bond acceptors (Lipinski definition) is 7. The molecule has 1 fully saturated rings. The van der Waals surface area contributed by atoms with E-state index in [1.165, 1.54) is 6.33 Å². The fourth-order valence-corrected chi connectivity index (χ4v) is 2.23. The van der Waals surface area contributed by atoms with E-state index in [0.717, 1.165) is 12.2 Å². The number of nitrogens with one attached hydrogen (secondary N) is 1. The van der Waals surface area contributed by atoms with Crippen molar-refractivity contribution in [1.82, 2.24) is 25.1 Å². The fourth-order valence-electron chi connectivity index (χ4n) is 2.23. The van der Waals surface area contributed by atoms with Gasteiger partial charge in [0.15, 0.2) is 5.69 Å². The molecule has 3 heterocycles. The summed E-state index contributed by atoms with van der Waals surface area (Å²) in [7, 11) is 0. The first-order valence-electron chi connectivity index (χ1n) is 7.09. The van der Waals surface area contributed by atoms with Crippen molar-refractivity contribution in [3.8, 4) is 11.3 Å². The molecule has 8 nitrogen and oxygen atoms in total. The molecule has 1 saturated heterocycles. The minimum Gasteiger partial charge on any atom is -0.461 e. The van der Waals surface area contributed by atoms with Gasteiger partial charge in [-0.3, -0.25) is 5.32 Å². The molecule has 2 aromatic rings. The number of nitrogens with zero attached hydrogens (tertiary/aromatic N) is 4. The first kappa shape index (κ1) is 14.6. The van der Waals surface area contributed by atoms with Gasteiger partial charge in [-0.1, -0.05) is 0 Å². The van der Waals surface area contributed by atoms with Crippen LogP contribution in [0.5, 0.6) is 0 Å². The first-order valence-corrected chi connectivity index (χ1v) is 7.09. The summed E-state index contributed by atoms with van der Waals surface area (Å²) in [5.41, 5.74) is 2.25. The molecule has 0 spiro atoms. The van der Waals surface area contributed by atoms with Gasteiger partial charge in [0.1, 0.15) is 6.33 Å². The molecule has 1 unspecified atom stereocenters. The Morgan fingerprint density at radius 3 is 3.09 bits per heavy atom.